The molecule has 0 bridgehead atoms. The number of anilines is 1. The first kappa shape index (κ1) is 16.8. The molecule has 0 aliphatic heterocycles. The minimum Gasteiger partial charge on any atom is -0.508 e. The second kappa shape index (κ2) is 6.70. The lowest BCUT2D eigenvalue weighted by molar-refractivity contribution is -0.136. The highest BCUT2D eigenvalue weighted by Crippen LogP contribution is 2.25. The number of nitrogens with zero attached hydrogens (tertiary/aromatic N) is 1. The molecule has 0 unspecified atom stereocenters. The lowest BCUT2D eigenvalue weighted by Gasteiger charge is -2.19. The molecule has 0 spiro atoms. The number of carbonyl (C=O) groups is 1. The summed E-state index contributed by atoms with van der Waals surface area (Å²) >= 11 is 0. The van der Waals surface area contributed by atoms with Gasteiger partial charge in [-0.1, -0.05) is 18.2 Å². The number of phenolic OH excluding ortho intramolecular Hbond substituents is 1. The lowest BCUT2D eigenvalue weighted by Crippen LogP contribution is -2.26. The summed E-state index contributed by atoms with van der Waals surface area (Å²) in [4.78, 5) is 10.6. The topological polar surface area (TPSA) is 94.9 Å². The van der Waals surface area contributed by atoms with Crippen LogP contribution < -0.4 is 4.31 Å². The number of aliphatic carboxylic acids is 1. The molecular weight excluding hydrogens is 318 g/mol. The third-order valence-corrected chi connectivity index (χ3v) is 5.20. The number of carboxylic acids is 1. The summed E-state index contributed by atoms with van der Waals surface area (Å²) in [5.74, 6) is -0.918. The Morgan fingerprint density at radius 3 is 2.35 bits per heavy atom. The van der Waals surface area contributed by atoms with E-state index >= 15 is 0 Å². The minimum atomic E-state index is -3.75. The fraction of sp³-hybridized carbons (Fsp3) is 0.188. The number of rotatable bonds is 6. The number of benzene rings is 2. The maximum Gasteiger partial charge on any atom is 0.303 e. The number of hydrogen-bond acceptors (Lipinski definition) is 4. The molecule has 2 aromatic carbocycles. The Hall–Kier alpha value is -2.54. The molecule has 0 saturated heterocycles. The van der Waals surface area contributed by atoms with E-state index in [1.165, 1.54) is 31.3 Å². The van der Waals surface area contributed by atoms with Gasteiger partial charge in [-0.2, -0.15) is 0 Å². The van der Waals surface area contributed by atoms with Crippen LogP contribution in [0, 0.1) is 0 Å². The van der Waals surface area contributed by atoms with Crippen LogP contribution in [0.4, 0.5) is 5.69 Å². The van der Waals surface area contributed by atoms with Gasteiger partial charge >= 0.3 is 5.97 Å². The van der Waals surface area contributed by atoms with Gasteiger partial charge < -0.3 is 10.2 Å². The Bertz CT molecular complexity index is 799. The van der Waals surface area contributed by atoms with Crippen molar-refractivity contribution in [1.29, 1.82) is 0 Å². The molecule has 6 nitrogen and oxygen atoms in total. The van der Waals surface area contributed by atoms with E-state index in [4.69, 9.17) is 5.11 Å². The summed E-state index contributed by atoms with van der Waals surface area (Å²) in [7, 11) is -2.35. The fourth-order valence-corrected chi connectivity index (χ4v) is 3.25. The van der Waals surface area contributed by atoms with Crippen LogP contribution in [0.5, 0.6) is 5.75 Å². The Labute approximate surface area is 134 Å². The van der Waals surface area contributed by atoms with Crippen molar-refractivity contribution in [2.75, 3.05) is 11.4 Å². The van der Waals surface area contributed by atoms with E-state index in [1.807, 2.05) is 0 Å². The number of sulfonamides is 1. The third kappa shape index (κ3) is 4.01. The number of phenols is 1. The van der Waals surface area contributed by atoms with E-state index in [1.54, 1.807) is 24.3 Å². The molecule has 23 heavy (non-hydrogen) atoms. The largest absolute Gasteiger partial charge is 0.508 e. The molecule has 2 aromatic rings. The van der Waals surface area contributed by atoms with Crippen LogP contribution in [0.25, 0.3) is 0 Å². The van der Waals surface area contributed by atoms with E-state index in [-0.39, 0.29) is 17.1 Å². The zero-order valence-corrected chi connectivity index (χ0v) is 13.3. The summed E-state index contributed by atoms with van der Waals surface area (Å²) < 4.78 is 26.2. The molecule has 0 heterocycles. The van der Waals surface area contributed by atoms with Crippen molar-refractivity contribution in [2.24, 2.45) is 0 Å². The van der Waals surface area contributed by atoms with Crippen molar-refractivity contribution in [3.05, 3.63) is 54.1 Å². The molecule has 0 radical (unpaired) electrons. The van der Waals surface area contributed by atoms with Crippen LogP contribution in [-0.2, 0) is 21.2 Å². The fourth-order valence-electron chi connectivity index (χ4n) is 2.07. The zero-order chi connectivity index (χ0) is 17.0. The van der Waals surface area contributed by atoms with Gasteiger partial charge in [0.25, 0.3) is 10.0 Å². The highest BCUT2D eigenvalue weighted by molar-refractivity contribution is 7.92. The zero-order valence-electron chi connectivity index (χ0n) is 12.5. The summed E-state index contributed by atoms with van der Waals surface area (Å²) in [5, 5.41) is 18.1. The second-order valence-corrected chi connectivity index (χ2v) is 7.00. The van der Waals surface area contributed by atoms with E-state index in [0.29, 0.717) is 12.1 Å². The minimum absolute atomic E-state index is 0.00467. The summed E-state index contributed by atoms with van der Waals surface area (Å²) in [6, 6.07) is 12.1. The maximum atomic E-state index is 12.6. The summed E-state index contributed by atoms with van der Waals surface area (Å²) in [5.41, 5.74) is 1.10. The van der Waals surface area contributed by atoms with Gasteiger partial charge in [0.05, 0.1) is 10.6 Å². The average Bonchev–Trinajstić information content (AvgIpc) is 2.52. The smallest absolute Gasteiger partial charge is 0.303 e. The molecule has 0 aromatic heterocycles. The maximum absolute atomic E-state index is 12.6. The molecule has 0 aliphatic carbocycles. The average molecular weight is 335 g/mol. The van der Waals surface area contributed by atoms with E-state index in [0.717, 1.165) is 9.87 Å². The van der Waals surface area contributed by atoms with E-state index in [9.17, 15) is 18.3 Å². The van der Waals surface area contributed by atoms with Gasteiger partial charge in [-0.15, -0.1) is 0 Å². The number of hydrogen-bond donors (Lipinski definition) is 2. The Morgan fingerprint density at radius 2 is 1.78 bits per heavy atom. The number of aromatic hydroxyl groups is 1. The number of aryl methyl sites for hydroxylation is 1. The summed E-state index contributed by atoms with van der Waals surface area (Å²) in [6.45, 7) is 0. The van der Waals surface area contributed by atoms with Crippen LogP contribution >= 0.6 is 0 Å². The van der Waals surface area contributed by atoms with Crippen LogP contribution in [0.2, 0.25) is 0 Å². The van der Waals surface area contributed by atoms with Crippen LogP contribution in [-0.4, -0.2) is 31.6 Å². The standard InChI is InChI=1S/C16H17NO5S/c1-17(13-3-2-4-14(18)11-13)23(21,22)15-8-5-12(6-9-15)7-10-16(19)20/h2-6,8-9,11,18H,7,10H2,1H3,(H,19,20). The Balaban J connectivity index is 2.23. The predicted molar refractivity (Wildman–Crippen MR) is 86.1 cm³/mol. The highest BCUT2D eigenvalue weighted by Gasteiger charge is 2.21. The van der Waals surface area contributed by atoms with Crippen molar-refractivity contribution < 1.29 is 23.4 Å². The summed E-state index contributed by atoms with van der Waals surface area (Å²) in [6.07, 6.45) is 0.341. The van der Waals surface area contributed by atoms with Gasteiger partial charge in [0, 0.05) is 19.5 Å². The number of carboxylic acid groups (broad SMARTS) is 1. The van der Waals surface area contributed by atoms with Crippen molar-refractivity contribution in [3.8, 4) is 5.75 Å². The first-order valence-corrected chi connectivity index (χ1v) is 8.33. The molecule has 2 rings (SSSR count). The molecule has 0 atom stereocenters. The normalized spacial score (nSPS) is 11.2. The lowest BCUT2D eigenvalue weighted by atomic mass is 10.1. The molecule has 7 heteroatoms. The molecule has 0 saturated carbocycles. The monoisotopic (exact) mass is 335 g/mol. The molecular formula is C16H17NO5S. The van der Waals surface area contributed by atoms with Gasteiger partial charge in [-0.05, 0) is 36.2 Å². The van der Waals surface area contributed by atoms with Crippen LogP contribution in [0.15, 0.2) is 53.4 Å². The highest BCUT2D eigenvalue weighted by atomic mass is 32.2. The first-order chi connectivity index (χ1) is 10.8. The quantitative estimate of drug-likeness (QED) is 0.844. The van der Waals surface area contributed by atoms with Crippen molar-refractivity contribution in [1.82, 2.24) is 0 Å². The SMILES string of the molecule is CN(c1cccc(O)c1)S(=O)(=O)c1ccc(CCC(=O)O)cc1. The van der Waals surface area contributed by atoms with Crippen molar-refractivity contribution in [3.63, 3.8) is 0 Å². The van der Waals surface area contributed by atoms with Gasteiger partial charge in [0.1, 0.15) is 5.75 Å². The van der Waals surface area contributed by atoms with Gasteiger partial charge in [-0.3, -0.25) is 9.10 Å². The molecule has 0 aliphatic rings. The van der Waals surface area contributed by atoms with E-state index in [2.05, 4.69) is 0 Å². The first-order valence-electron chi connectivity index (χ1n) is 6.89. The van der Waals surface area contributed by atoms with E-state index < -0.39 is 16.0 Å². The van der Waals surface area contributed by atoms with Crippen molar-refractivity contribution in [2.45, 2.75) is 17.7 Å². The molecule has 2 N–H and O–H groups in total. The molecule has 0 fully saturated rings. The van der Waals surface area contributed by atoms with Crippen LogP contribution in [0.1, 0.15) is 12.0 Å². The van der Waals surface area contributed by atoms with Gasteiger partial charge in [0.2, 0.25) is 0 Å². The molecule has 0 amide bonds. The van der Waals surface area contributed by atoms with Gasteiger partial charge in [-0.25, -0.2) is 8.42 Å². The third-order valence-electron chi connectivity index (χ3n) is 3.40. The predicted octanol–water partition coefficient (Wildman–Crippen LogP) is 2.23. The second-order valence-electron chi connectivity index (χ2n) is 5.03. The van der Waals surface area contributed by atoms with Crippen molar-refractivity contribution >= 4 is 21.7 Å². The van der Waals surface area contributed by atoms with Crippen LogP contribution in [0.3, 0.4) is 0 Å². The Morgan fingerprint density at radius 1 is 1.13 bits per heavy atom. The van der Waals surface area contributed by atoms with Gasteiger partial charge in [0.15, 0.2) is 0 Å². The molecule has 122 valence electrons. The Kier molecular flexibility index (Phi) is 4.90.